The van der Waals surface area contributed by atoms with Crippen LogP contribution in [-0.2, 0) is 4.79 Å². The Labute approximate surface area is 175 Å². The van der Waals surface area contributed by atoms with Gasteiger partial charge in [0.2, 0.25) is 0 Å². The third-order valence-electron chi connectivity index (χ3n) is 3.72. The van der Waals surface area contributed by atoms with E-state index in [2.05, 4.69) is 16.2 Å². The van der Waals surface area contributed by atoms with Gasteiger partial charge in [0, 0.05) is 5.56 Å². The Kier molecular flexibility index (Phi) is 7.97. The highest BCUT2D eigenvalue weighted by Gasteiger charge is 2.10. The number of aryl methyl sites for hydroxylation is 2. The van der Waals surface area contributed by atoms with Gasteiger partial charge in [-0.3, -0.25) is 25.8 Å². The van der Waals surface area contributed by atoms with E-state index in [4.69, 9.17) is 21.7 Å². The Balaban J connectivity index is 1.75. The summed E-state index contributed by atoms with van der Waals surface area (Å²) in [6, 6.07) is 12.4. The van der Waals surface area contributed by atoms with E-state index < -0.39 is 11.8 Å². The Morgan fingerprint density at radius 1 is 1.03 bits per heavy atom. The predicted molar refractivity (Wildman–Crippen MR) is 115 cm³/mol. The number of hydrogen-bond donors (Lipinski definition) is 3. The van der Waals surface area contributed by atoms with Crippen LogP contribution in [0.3, 0.4) is 0 Å². The molecule has 7 nitrogen and oxygen atoms in total. The molecule has 0 atom stereocenters. The van der Waals surface area contributed by atoms with Gasteiger partial charge < -0.3 is 9.47 Å². The molecule has 2 aromatic carbocycles. The summed E-state index contributed by atoms with van der Waals surface area (Å²) in [5.74, 6) is 0.469. The third kappa shape index (κ3) is 7.42. The van der Waals surface area contributed by atoms with Crippen molar-refractivity contribution in [1.82, 2.24) is 16.2 Å². The number of hydrogen-bond acceptors (Lipinski definition) is 5. The van der Waals surface area contributed by atoms with Gasteiger partial charge in [-0.2, -0.15) is 0 Å². The zero-order valence-electron chi connectivity index (χ0n) is 16.9. The van der Waals surface area contributed by atoms with Crippen molar-refractivity contribution in [1.29, 1.82) is 0 Å². The van der Waals surface area contributed by atoms with Gasteiger partial charge in [0.1, 0.15) is 11.5 Å². The van der Waals surface area contributed by atoms with Crippen LogP contribution < -0.4 is 25.6 Å². The number of carbonyl (C=O) groups excluding carboxylic acids is 2. The van der Waals surface area contributed by atoms with E-state index in [1.165, 1.54) is 0 Å². The highest BCUT2D eigenvalue weighted by Crippen LogP contribution is 2.18. The largest absolute Gasteiger partial charge is 0.491 e. The van der Waals surface area contributed by atoms with Crippen LogP contribution in [0.1, 0.15) is 35.3 Å². The first-order valence-corrected chi connectivity index (χ1v) is 9.52. The normalized spacial score (nSPS) is 10.2. The maximum absolute atomic E-state index is 12.2. The van der Waals surface area contributed by atoms with Crippen molar-refractivity contribution in [3.8, 4) is 11.5 Å². The van der Waals surface area contributed by atoms with Gasteiger partial charge in [0.15, 0.2) is 11.7 Å². The maximum Gasteiger partial charge on any atom is 0.276 e. The van der Waals surface area contributed by atoms with Crippen molar-refractivity contribution < 1.29 is 19.1 Å². The quantitative estimate of drug-likeness (QED) is 0.497. The summed E-state index contributed by atoms with van der Waals surface area (Å²) in [7, 11) is 0. The second-order valence-corrected chi connectivity index (χ2v) is 7.11. The molecule has 2 amide bonds. The molecular weight excluding hydrogens is 390 g/mol. The molecule has 0 unspecified atom stereocenters. The first kappa shape index (κ1) is 22.2. The molecule has 0 aromatic heterocycles. The average Bonchev–Trinajstić information content (AvgIpc) is 2.65. The van der Waals surface area contributed by atoms with Crippen LogP contribution in [0, 0.1) is 13.8 Å². The molecule has 0 aliphatic carbocycles. The molecule has 29 heavy (non-hydrogen) atoms. The second kappa shape index (κ2) is 10.4. The standard InChI is InChI=1S/C21H25N3O4S/c1-13(2)28-17-8-6-16(7-9-17)20(26)22-21(29)24-23-19(25)12-27-18-10-5-14(3)11-15(18)4/h5-11,13H,12H2,1-4H3,(H,23,25)(H2,22,24,26,29). The molecule has 0 bridgehead atoms. The lowest BCUT2D eigenvalue weighted by molar-refractivity contribution is -0.123. The number of benzene rings is 2. The fraction of sp³-hybridized carbons (Fsp3) is 0.286. The zero-order valence-corrected chi connectivity index (χ0v) is 17.7. The van der Waals surface area contributed by atoms with Gasteiger partial charge in [-0.15, -0.1) is 0 Å². The van der Waals surface area contributed by atoms with E-state index in [1.807, 2.05) is 45.9 Å². The molecule has 0 heterocycles. The summed E-state index contributed by atoms with van der Waals surface area (Å²) in [6.07, 6.45) is 0.0500. The second-order valence-electron chi connectivity index (χ2n) is 6.71. The molecular formula is C21H25N3O4S. The first-order chi connectivity index (χ1) is 13.7. The number of nitrogens with one attached hydrogen (secondary N) is 3. The molecule has 0 saturated carbocycles. The number of ether oxygens (including phenoxy) is 2. The van der Waals surface area contributed by atoms with E-state index in [-0.39, 0.29) is 17.8 Å². The Morgan fingerprint density at radius 2 is 1.72 bits per heavy atom. The van der Waals surface area contributed by atoms with Crippen molar-refractivity contribution in [3.05, 3.63) is 59.2 Å². The van der Waals surface area contributed by atoms with Gasteiger partial charge in [0.25, 0.3) is 11.8 Å². The van der Waals surface area contributed by atoms with Gasteiger partial charge in [-0.1, -0.05) is 17.7 Å². The summed E-state index contributed by atoms with van der Waals surface area (Å²) in [5.41, 5.74) is 7.33. The number of rotatable bonds is 6. The lowest BCUT2D eigenvalue weighted by atomic mass is 10.1. The lowest BCUT2D eigenvalue weighted by Crippen LogP contribution is -2.49. The smallest absolute Gasteiger partial charge is 0.276 e. The molecule has 0 spiro atoms. The minimum atomic E-state index is -0.434. The molecule has 0 radical (unpaired) electrons. The zero-order chi connectivity index (χ0) is 21.4. The van der Waals surface area contributed by atoms with Crippen LogP contribution in [0.2, 0.25) is 0 Å². The Morgan fingerprint density at radius 3 is 2.34 bits per heavy atom. The van der Waals surface area contributed by atoms with Crippen LogP contribution in [0.4, 0.5) is 0 Å². The topological polar surface area (TPSA) is 88.7 Å². The van der Waals surface area contributed by atoms with Crippen LogP contribution in [-0.4, -0.2) is 29.6 Å². The van der Waals surface area contributed by atoms with Crippen LogP contribution >= 0.6 is 12.2 Å². The van der Waals surface area contributed by atoms with Crippen LogP contribution in [0.25, 0.3) is 0 Å². The van der Waals surface area contributed by atoms with Crippen molar-refractivity contribution in [2.24, 2.45) is 0 Å². The van der Waals surface area contributed by atoms with Crippen molar-refractivity contribution >= 4 is 29.1 Å². The number of amides is 2. The van der Waals surface area contributed by atoms with E-state index in [0.717, 1.165) is 11.1 Å². The first-order valence-electron chi connectivity index (χ1n) is 9.11. The Hall–Kier alpha value is -3.13. The van der Waals surface area contributed by atoms with Gasteiger partial charge >= 0.3 is 0 Å². The SMILES string of the molecule is Cc1ccc(OCC(=O)NNC(=S)NC(=O)c2ccc(OC(C)C)cc2)c(C)c1. The number of thiocarbonyl (C=S) groups is 1. The average molecular weight is 416 g/mol. The third-order valence-corrected chi connectivity index (χ3v) is 3.92. The molecule has 8 heteroatoms. The predicted octanol–water partition coefficient (Wildman–Crippen LogP) is 2.81. The fourth-order valence-corrected chi connectivity index (χ4v) is 2.57. The van der Waals surface area contributed by atoms with E-state index in [9.17, 15) is 9.59 Å². The molecule has 3 N–H and O–H groups in total. The number of hydrazine groups is 1. The summed E-state index contributed by atoms with van der Waals surface area (Å²) >= 11 is 5.02. The van der Waals surface area contributed by atoms with Crippen molar-refractivity contribution in [2.75, 3.05) is 6.61 Å². The van der Waals surface area contributed by atoms with Crippen LogP contribution in [0.15, 0.2) is 42.5 Å². The molecule has 0 aliphatic rings. The summed E-state index contributed by atoms with van der Waals surface area (Å²) in [5, 5.41) is 2.46. The minimum Gasteiger partial charge on any atom is -0.491 e. The molecule has 2 aromatic rings. The fourth-order valence-electron chi connectivity index (χ4n) is 2.43. The highest BCUT2D eigenvalue weighted by atomic mass is 32.1. The van der Waals surface area contributed by atoms with Crippen LogP contribution in [0.5, 0.6) is 11.5 Å². The van der Waals surface area contributed by atoms with E-state index in [1.54, 1.807) is 24.3 Å². The van der Waals surface area contributed by atoms with Crippen molar-refractivity contribution in [2.45, 2.75) is 33.8 Å². The van der Waals surface area contributed by atoms with E-state index in [0.29, 0.717) is 17.1 Å². The molecule has 154 valence electrons. The summed E-state index contributed by atoms with van der Waals surface area (Å²) < 4.78 is 11.0. The van der Waals surface area contributed by atoms with E-state index >= 15 is 0 Å². The summed E-state index contributed by atoms with van der Waals surface area (Å²) in [4.78, 5) is 24.1. The Bertz CT molecular complexity index is 882. The molecule has 2 rings (SSSR count). The van der Waals surface area contributed by atoms with Gasteiger partial charge in [0.05, 0.1) is 6.10 Å². The maximum atomic E-state index is 12.2. The monoisotopic (exact) mass is 415 g/mol. The van der Waals surface area contributed by atoms with Gasteiger partial charge in [-0.05, 0) is 75.8 Å². The van der Waals surface area contributed by atoms with Crippen molar-refractivity contribution in [3.63, 3.8) is 0 Å². The van der Waals surface area contributed by atoms with Gasteiger partial charge in [-0.25, -0.2) is 0 Å². The summed E-state index contributed by atoms with van der Waals surface area (Å²) in [6.45, 7) is 7.55. The number of carbonyl (C=O) groups is 2. The minimum absolute atomic E-state index is 0.0302. The lowest BCUT2D eigenvalue weighted by Gasteiger charge is -2.13. The molecule has 0 saturated heterocycles. The highest BCUT2D eigenvalue weighted by molar-refractivity contribution is 7.80. The molecule has 0 fully saturated rings. The molecule has 0 aliphatic heterocycles.